The quantitative estimate of drug-likeness (QED) is 0.464. The van der Waals surface area contributed by atoms with Crippen LogP contribution >= 0.6 is 11.6 Å². The van der Waals surface area contributed by atoms with E-state index in [9.17, 15) is 0 Å². The second kappa shape index (κ2) is 4.91. The van der Waals surface area contributed by atoms with E-state index in [1.54, 1.807) is 6.33 Å². The van der Waals surface area contributed by atoms with Gasteiger partial charge >= 0.3 is 0 Å². The Kier molecular flexibility index (Phi) is 3.32. The standard InChI is InChI=1S/C11H10ClN5/c1-8-2-4-9(5-3-8)17-7-14-11(12)10(17)6-15-16-13/h2-5,7H,6H2,1H3. The van der Waals surface area contributed by atoms with Gasteiger partial charge in [-0.3, -0.25) is 0 Å². The normalized spacial score (nSPS) is 10.0. The third-order valence-corrected chi connectivity index (χ3v) is 2.73. The Morgan fingerprint density at radius 1 is 1.41 bits per heavy atom. The molecule has 17 heavy (non-hydrogen) atoms. The van der Waals surface area contributed by atoms with Crippen LogP contribution in [0.5, 0.6) is 0 Å². The Morgan fingerprint density at radius 2 is 2.12 bits per heavy atom. The predicted octanol–water partition coefficient (Wildman–Crippen LogP) is 3.64. The Bertz CT molecular complexity index is 566. The number of azide groups is 1. The highest BCUT2D eigenvalue weighted by Gasteiger charge is 2.09. The first kappa shape index (κ1) is 11.5. The largest absolute Gasteiger partial charge is 0.302 e. The van der Waals surface area contributed by atoms with Gasteiger partial charge in [0.25, 0.3) is 0 Å². The van der Waals surface area contributed by atoms with Gasteiger partial charge in [0.2, 0.25) is 0 Å². The molecule has 0 aliphatic rings. The Hall–Kier alpha value is -1.97. The van der Waals surface area contributed by atoms with E-state index in [2.05, 4.69) is 15.0 Å². The summed E-state index contributed by atoms with van der Waals surface area (Å²) >= 11 is 5.95. The number of rotatable bonds is 3. The predicted molar refractivity (Wildman–Crippen MR) is 66.2 cm³/mol. The van der Waals surface area contributed by atoms with Crippen molar-refractivity contribution in [2.24, 2.45) is 5.11 Å². The maximum Gasteiger partial charge on any atom is 0.150 e. The Labute approximate surface area is 103 Å². The molecule has 0 atom stereocenters. The van der Waals surface area contributed by atoms with Crippen molar-refractivity contribution in [3.05, 3.63) is 57.4 Å². The summed E-state index contributed by atoms with van der Waals surface area (Å²) in [5.74, 6) is 0. The molecular weight excluding hydrogens is 238 g/mol. The van der Waals surface area contributed by atoms with Gasteiger partial charge in [-0.2, -0.15) is 0 Å². The highest BCUT2D eigenvalue weighted by molar-refractivity contribution is 6.30. The van der Waals surface area contributed by atoms with Crippen molar-refractivity contribution in [3.63, 3.8) is 0 Å². The smallest absolute Gasteiger partial charge is 0.150 e. The van der Waals surface area contributed by atoms with Crippen LogP contribution in [0.3, 0.4) is 0 Å². The van der Waals surface area contributed by atoms with Crippen LogP contribution in [0.4, 0.5) is 0 Å². The molecule has 0 spiro atoms. The van der Waals surface area contributed by atoms with Crippen LogP contribution in [0.1, 0.15) is 11.3 Å². The highest BCUT2D eigenvalue weighted by Crippen LogP contribution is 2.20. The van der Waals surface area contributed by atoms with Crippen molar-refractivity contribution >= 4 is 11.6 Å². The summed E-state index contributed by atoms with van der Waals surface area (Å²) in [4.78, 5) is 6.74. The van der Waals surface area contributed by atoms with E-state index in [-0.39, 0.29) is 6.54 Å². The van der Waals surface area contributed by atoms with Crippen molar-refractivity contribution in [2.45, 2.75) is 13.5 Å². The summed E-state index contributed by atoms with van der Waals surface area (Å²) < 4.78 is 1.82. The third kappa shape index (κ3) is 2.41. The van der Waals surface area contributed by atoms with E-state index >= 15 is 0 Å². The molecule has 0 aliphatic carbocycles. The number of nitrogens with zero attached hydrogens (tertiary/aromatic N) is 5. The van der Waals surface area contributed by atoms with Crippen LogP contribution in [-0.4, -0.2) is 9.55 Å². The zero-order valence-corrected chi connectivity index (χ0v) is 9.96. The number of aromatic nitrogens is 2. The van der Waals surface area contributed by atoms with Crippen LogP contribution < -0.4 is 0 Å². The molecule has 2 aromatic rings. The summed E-state index contributed by atoms with van der Waals surface area (Å²) in [6, 6.07) is 7.93. The zero-order chi connectivity index (χ0) is 12.3. The number of imidazole rings is 1. The first-order valence-electron chi connectivity index (χ1n) is 5.02. The molecule has 0 radical (unpaired) electrons. The first-order chi connectivity index (χ1) is 8.22. The lowest BCUT2D eigenvalue weighted by Gasteiger charge is -2.06. The van der Waals surface area contributed by atoms with E-state index in [0.29, 0.717) is 10.8 Å². The molecule has 0 fully saturated rings. The molecule has 6 heteroatoms. The lowest BCUT2D eigenvalue weighted by Crippen LogP contribution is -1.98. The highest BCUT2D eigenvalue weighted by atomic mass is 35.5. The minimum absolute atomic E-state index is 0.184. The van der Waals surface area contributed by atoms with Gasteiger partial charge in [0, 0.05) is 10.6 Å². The topological polar surface area (TPSA) is 66.6 Å². The average Bonchev–Trinajstić information content (AvgIpc) is 2.69. The van der Waals surface area contributed by atoms with Crippen molar-refractivity contribution in [2.75, 3.05) is 0 Å². The molecule has 0 bridgehead atoms. The molecule has 0 amide bonds. The van der Waals surface area contributed by atoms with Crippen LogP contribution in [-0.2, 0) is 6.54 Å². The second-order valence-corrected chi connectivity index (χ2v) is 3.93. The van der Waals surface area contributed by atoms with Crippen LogP contribution in [0.25, 0.3) is 16.1 Å². The van der Waals surface area contributed by atoms with Crippen molar-refractivity contribution in [3.8, 4) is 5.69 Å². The molecule has 0 unspecified atom stereocenters. The monoisotopic (exact) mass is 247 g/mol. The number of hydrogen-bond donors (Lipinski definition) is 0. The second-order valence-electron chi connectivity index (χ2n) is 3.58. The van der Waals surface area contributed by atoms with Gasteiger partial charge in [-0.05, 0) is 24.6 Å². The van der Waals surface area contributed by atoms with Crippen LogP contribution in [0, 0.1) is 6.92 Å². The van der Waals surface area contributed by atoms with Crippen LogP contribution in [0.2, 0.25) is 5.15 Å². The minimum Gasteiger partial charge on any atom is -0.302 e. The number of aryl methyl sites for hydroxylation is 1. The maximum absolute atomic E-state index is 8.34. The van der Waals surface area contributed by atoms with E-state index < -0.39 is 0 Å². The minimum atomic E-state index is 0.184. The van der Waals surface area contributed by atoms with Gasteiger partial charge in [-0.15, -0.1) is 0 Å². The summed E-state index contributed by atoms with van der Waals surface area (Å²) in [6.07, 6.45) is 1.62. The van der Waals surface area contributed by atoms with Crippen molar-refractivity contribution in [1.29, 1.82) is 0 Å². The first-order valence-corrected chi connectivity index (χ1v) is 5.40. The lowest BCUT2D eigenvalue weighted by molar-refractivity contribution is 0.902. The van der Waals surface area contributed by atoms with E-state index in [1.165, 1.54) is 5.56 Å². The summed E-state index contributed by atoms with van der Waals surface area (Å²) in [5.41, 5.74) is 11.1. The van der Waals surface area contributed by atoms with E-state index in [1.807, 2.05) is 35.8 Å². The molecule has 0 N–H and O–H groups in total. The fourth-order valence-corrected chi connectivity index (χ4v) is 1.71. The molecule has 5 nitrogen and oxygen atoms in total. The lowest BCUT2D eigenvalue weighted by atomic mass is 10.2. The summed E-state index contributed by atoms with van der Waals surface area (Å²) in [6.45, 7) is 2.20. The number of benzene rings is 1. The molecule has 0 saturated heterocycles. The van der Waals surface area contributed by atoms with Gasteiger partial charge in [-0.1, -0.05) is 34.4 Å². The zero-order valence-electron chi connectivity index (χ0n) is 9.21. The maximum atomic E-state index is 8.34. The molecule has 86 valence electrons. The molecule has 2 rings (SSSR count). The van der Waals surface area contributed by atoms with Gasteiger partial charge in [-0.25, -0.2) is 4.98 Å². The summed E-state index contributed by atoms with van der Waals surface area (Å²) in [5, 5.41) is 3.87. The van der Waals surface area contributed by atoms with Gasteiger partial charge in [0.1, 0.15) is 6.33 Å². The van der Waals surface area contributed by atoms with Crippen molar-refractivity contribution in [1.82, 2.24) is 9.55 Å². The molecule has 0 saturated carbocycles. The third-order valence-electron chi connectivity index (χ3n) is 2.41. The Balaban J connectivity index is 2.44. The fourth-order valence-electron chi connectivity index (χ4n) is 1.52. The van der Waals surface area contributed by atoms with Gasteiger partial charge in [0.15, 0.2) is 5.15 Å². The molecule has 1 aromatic heterocycles. The van der Waals surface area contributed by atoms with Crippen molar-refractivity contribution < 1.29 is 0 Å². The molecular formula is C11H10ClN5. The molecule has 1 aromatic carbocycles. The molecule has 0 aliphatic heterocycles. The van der Waals surface area contributed by atoms with E-state index in [0.717, 1.165) is 5.69 Å². The number of halogens is 1. The average molecular weight is 248 g/mol. The summed E-state index contributed by atoms with van der Waals surface area (Å²) in [7, 11) is 0. The molecule has 1 heterocycles. The Morgan fingerprint density at radius 3 is 2.76 bits per heavy atom. The number of hydrogen-bond acceptors (Lipinski definition) is 2. The van der Waals surface area contributed by atoms with E-state index in [4.69, 9.17) is 17.1 Å². The SMILES string of the molecule is Cc1ccc(-n2cnc(Cl)c2CN=[N+]=[N-])cc1. The van der Waals surface area contributed by atoms with Gasteiger partial charge in [0.05, 0.1) is 12.2 Å². The fraction of sp³-hybridized carbons (Fsp3) is 0.182. The van der Waals surface area contributed by atoms with Gasteiger partial charge < -0.3 is 4.57 Å². The van der Waals surface area contributed by atoms with Crippen LogP contribution in [0.15, 0.2) is 35.7 Å².